The molecule has 1 aromatic heterocycles. The molecule has 4 nitrogen and oxygen atoms in total. The van der Waals surface area contributed by atoms with Crippen LogP contribution in [0.5, 0.6) is 5.75 Å². The summed E-state index contributed by atoms with van der Waals surface area (Å²) in [5.74, 6) is 0.797. The predicted octanol–water partition coefficient (Wildman–Crippen LogP) is 0.983. The molecule has 0 aromatic carbocycles. The third kappa shape index (κ3) is 2.49. The molecule has 2 rings (SSSR count). The Morgan fingerprint density at radius 2 is 2.43 bits per heavy atom. The van der Waals surface area contributed by atoms with E-state index >= 15 is 0 Å². The standard InChI is InChI=1S/C9H13N3O.ClH/c13-8-2-1-4-11-9(8)12-7-3-5-10-6-7;/h1-2,4,7,10,13H,3,5-6H2,(H,11,12);1H/t7-;/m1./s1. The van der Waals surface area contributed by atoms with E-state index in [2.05, 4.69) is 15.6 Å². The summed E-state index contributed by atoms with van der Waals surface area (Å²) in [6.07, 6.45) is 2.75. The molecule has 0 spiro atoms. The van der Waals surface area contributed by atoms with Crippen molar-refractivity contribution >= 4 is 18.2 Å². The summed E-state index contributed by atoms with van der Waals surface area (Å²) in [6.45, 7) is 1.97. The van der Waals surface area contributed by atoms with Crippen LogP contribution in [0.25, 0.3) is 0 Å². The van der Waals surface area contributed by atoms with E-state index in [4.69, 9.17) is 0 Å². The summed E-state index contributed by atoms with van der Waals surface area (Å²) < 4.78 is 0. The van der Waals surface area contributed by atoms with Gasteiger partial charge in [-0.15, -0.1) is 12.4 Å². The highest BCUT2D eigenvalue weighted by Crippen LogP contribution is 2.20. The minimum absolute atomic E-state index is 0. The largest absolute Gasteiger partial charge is 0.504 e. The van der Waals surface area contributed by atoms with Crippen molar-refractivity contribution in [1.29, 1.82) is 0 Å². The molecule has 3 N–H and O–H groups in total. The van der Waals surface area contributed by atoms with Crippen LogP contribution in [0.1, 0.15) is 6.42 Å². The lowest BCUT2D eigenvalue weighted by molar-refractivity contribution is 0.474. The van der Waals surface area contributed by atoms with E-state index in [1.165, 1.54) is 0 Å². The van der Waals surface area contributed by atoms with Gasteiger partial charge in [-0.2, -0.15) is 0 Å². The molecule has 1 atom stereocenters. The SMILES string of the molecule is Cl.Oc1cccnc1N[C@@H]1CCNC1. The van der Waals surface area contributed by atoms with Gasteiger partial charge in [-0.05, 0) is 25.1 Å². The van der Waals surface area contributed by atoms with Crippen LogP contribution in [0.3, 0.4) is 0 Å². The van der Waals surface area contributed by atoms with Crippen LogP contribution in [0, 0.1) is 0 Å². The maximum atomic E-state index is 9.43. The van der Waals surface area contributed by atoms with Gasteiger partial charge in [0.2, 0.25) is 0 Å². The minimum Gasteiger partial charge on any atom is -0.504 e. The number of rotatable bonds is 2. The fourth-order valence-electron chi connectivity index (χ4n) is 1.48. The molecule has 78 valence electrons. The second-order valence-corrected chi connectivity index (χ2v) is 3.21. The van der Waals surface area contributed by atoms with Gasteiger partial charge in [0.05, 0.1) is 0 Å². The van der Waals surface area contributed by atoms with Crippen molar-refractivity contribution in [2.45, 2.75) is 12.5 Å². The van der Waals surface area contributed by atoms with Crippen LogP contribution in [-0.2, 0) is 0 Å². The first-order valence-corrected chi connectivity index (χ1v) is 4.47. The van der Waals surface area contributed by atoms with Crippen LogP contribution in [0.15, 0.2) is 18.3 Å². The first-order valence-electron chi connectivity index (χ1n) is 4.47. The van der Waals surface area contributed by atoms with Gasteiger partial charge in [0.25, 0.3) is 0 Å². The smallest absolute Gasteiger partial charge is 0.168 e. The Bertz CT molecular complexity index is 289. The maximum absolute atomic E-state index is 9.43. The number of hydrogen-bond donors (Lipinski definition) is 3. The molecule has 0 saturated carbocycles. The molecule has 5 heteroatoms. The van der Waals surface area contributed by atoms with Crippen LogP contribution in [-0.4, -0.2) is 29.2 Å². The highest BCUT2D eigenvalue weighted by molar-refractivity contribution is 5.85. The molecule has 2 heterocycles. The number of halogens is 1. The van der Waals surface area contributed by atoms with Gasteiger partial charge in [0.1, 0.15) is 0 Å². The molecule has 1 aliphatic heterocycles. The van der Waals surface area contributed by atoms with Gasteiger partial charge in [-0.25, -0.2) is 4.98 Å². The summed E-state index contributed by atoms with van der Waals surface area (Å²) in [4.78, 5) is 4.05. The summed E-state index contributed by atoms with van der Waals surface area (Å²) in [6, 6.07) is 3.74. The molecule has 0 amide bonds. The van der Waals surface area contributed by atoms with E-state index in [1.807, 2.05) is 0 Å². The molecule has 0 aliphatic carbocycles. The third-order valence-corrected chi connectivity index (χ3v) is 2.19. The molecule has 0 radical (unpaired) electrons. The monoisotopic (exact) mass is 215 g/mol. The lowest BCUT2D eigenvalue weighted by atomic mass is 10.2. The lowest BCUT2D eigenvalue weighted by Crippen LogP contribution is -2.22. The average Bonchev–Trinajstić information content (AvgIpc) is 2.61. The van der Waals surface area contributed by atoms with Crippen molar-refractivity contribution in [2.24, 2.45) is 0 Å². The Kier molecular flexibility index (Phi) is 3.98. The Morgan fingerprint density at radius 3 is 3.07 bits per heavy atom. The lowest BCUT2D eigenvalue weighted by Gasteiger charge is -2.12. The quantitative estimate of drug-likeness (QED) is 0.689. The zero-order chi connectivity index (χ0) is 9.10. The topological polar surface area (TPSA) is 57.2 Å². The van der Waals surface area contributed by atoms with Crippen molar-refractivity contribution in [3.63, 3.8) is 0 Å². The number of hydrogen-bond acceptors (Lipinski definition) is 4. The van der Waals surface area contributed by atoms with E-state index in [-0.39, 0.29) is 18.2 Å². The second kappa shape index (κ2) is 5.02. The molecule has 1 aliphatic rings. The Labute approximate surface area is 89.2 Å². The highest BCUT2D eigenvalue weighted by atomic mass is 35.5. The fraction of sp³-hybridized carbons (Fsp3) is 0.444. The zero-order valence-electron chi connectivity index (χ0n) is 7.73. The minimum atomic E-state index is 0. The number of nitrogens with one attached hydrogen (secondary N) is 2. The summed E-state index contributed by atoms with van der Waals surface area (Å²) in [5.41, 5.74) is 0. The van der Waals surface area contributed by atoms with Crippen LogP contribution >= 0.6 is 12.4 Å². The van der Waals surface area contributed by atoms with E-state index in [9.17, 15) is 5.11 Å². The molecule has 0 bridgehead atoms. The van der Waals surface area contributed by atoms with E-state index < -0.39 is 0 Å². The molecular formula is C9H14ClN3O. The summed E-state index contributed by atoms with van der Waals surface area (Å²) >= 11 is 0. The fourth-order valence-corrected chi connectivity index (χ4v) is 1.48. The number of aromatic hydroxyl groups is 1. The van der Waals surface area contributed by atoms with Crippen molar-refractivity contribution in [3.8, 4) is 5.75 Å². The highest BCUT2D eigenvalue weighted by Gasteiger charge is 2.15. The van der Waals surface area contributed by atoms with Gasteiger partial charge in [0, 0.05) is 18.8 Å². The first-order chi connectivity index (χ1) is 6.36. The maximum Gasteiger partial charge on any atom is 0.168 e. The molecule has 1 fully saturated rings. The van der Waals surface area contributed by atoms with Crippen LogP contribution in [0.2, 0.25) is 0 Å². The molecule has 1 saturated heterocycles. The van der Waals surface area contributed by atoms with Gasteiger partial charge in [-0.3, -0.25) is 0 Å². The van der Waals surface area contributed by atoms with Crippen molar-refractivity contribution in [3.05, 3.63) is 18.3 Å². The zero-order valence-corrected chi connectivity index (χ0v) is 8.55. The molecule has 14 heavy (non-hydrogen) atoms. The van der Waals surface area contributed by atoms with E-state index in [0.29, 0.717) is 11.9 Å². The van der Waals surface area contributed by atoms with Gasteiger partial charge < -0.3 is 15.7 Å². The Morgan fingerprint density at radius 1 is 1.57 bits per heavy atom. The Balaban J connectivity index is 0.000000980. The van der Waals surface area contributed by atoms with Crippen LogP contribution in [0.4, 0.5) is 5.82 Å². The summed E-state index contributed by atoms with van der Waals surface area (Å²) in [5, 5.41) is 15.9. The van der Waals surface area contributed by atoms with E-state index in [0.717, 1.165) is 19.5 Å². The average molecular weight is 216 g/mol. The number of nitrogens with zero attached hydrogens (tertiary/aromatic N) is 1. The second-order valence-electron chi connectivity index (χ2n) is 3.21. The first kappa shape index (κ1) is 11.1. The third-order valence-electron chi connectivity index (χ3n) is 2.19. The molecular weight excluding hydrogens is 202 g/mol. The van der Waals surface area contributed by atoms with Crippen LogP contribution < -0.4 is 10.6 Å². The molecule has 0 unspecified atom stereocenters. The van der Waals surface area contributed by atoms with E-state index in [1.54, 1.807) is 18.3 Å². The van der Waals surface area contributed by atoms with Crippen molar-refractivity contribution < 1.29 is 5.11 Å². The van der Waals surface area contributed by atoms with Gasteiger partial charge in [0.15, 0.2) is 11.6 Å². The number of aromatic nitrogens is 1. The van der Waals surface area contributed by atoms with Gasteiger partial charge >= 0.3 is 0 Å². The predicted molar refractivity (Wildman–Crippen MR) is 58.0 cm³/mol. The molecule has 1 aromatic rings. The Hall–Kier alpha value is -1.00. The number of pyridine rings is 1. The van der Waals surface area contributed by atoms with Gasteiger partial charge in [-0.1, -0.05) is 0 Å². The normalized spacial score (nSPS) is 20.1. The number of anilines is 1. The van der Waals surface area contributed by atoms with Crippen molar-refractivity contribution in [1.82, 2.24) is 10.3 Å². The van der Waals surface area contributed by atoms with Crippen molar-refractivity contribution in [2.75, 3.05) is 18.4 Å². The summed E-state index contributed by atoms with van der Waals surface area (Å²) in [7, 11) is 0.